The fraction of sp³-hybridized carbons (Fsp3) is 0.500. The zero-order chi connectivity index (χ0) is 11.4. The molecule has 0 aromatic heterocycles. The van der Waals surface area contributed by atoms with Gasteiger partial charge in [-0.05, 0) is 24.1 Å². The first kappa shape index (κ1) is 11.2. The molecule has 0 bridgehead atoms. The van der Waals surface area contributed by atoms with E-state index < -0.39 is 0 Å². The molecule has 0 amide bonds. The highest BCUT2D eigenvalue weighted by Gasteiger charge is 2.13. The smallest absolute Gasteiger partial charge is 0.231 e. The van der Waals surface area contributed by atoms with Gasteiger partial charge in [-0.25, -0.2) is 0 Å². The van der Waals surface area contributed by atoms with Gasteiger partial charge in [0.2, 0.25) is 6.79 Å². The average molecular weight is 223 g/mol. The van der Waals surface area contributed by atoms with Crippen molar-refractivity contribution in [3.8, 4) is 11.5 Å². The fourth-order valence-electron chi connectivity index (χ4n) is 1.60. The summed E-state index contributed by atoms with van der Waals surface area (Å²) in [5.74, 6) is 1.59. The summed E-state index contributed by atoms with van der Waals surface area (Å²) in [5.41, 5.74) is 6.65. The molecule has 0 saturated heterocycles. The molecule has 4 heteroatoms. The number of hydrogen-bond acceptors (Lipinski definition) is 4. The van der Waals surface area contributed by atoms with Gasteiger partial charge in [0.25, 0.3) is 0 Å². The maximum atomic E-state index is 5.66. The van der Waals surface area contributed by atoms with Crippen LogP contribution in [0.25, 0.3) is 0 Å². The lowest BCUT2D eigenvalue weighted by atomic mass is 10.2. The second kappa shape index (κ2) is 5.18. The Bertz CT molecular complexity index is 350. The quantitative estimate of drug-likeness (QED) is 0.825. The Hall–Kier alpha value is -1.26. The molecule has 0 fully saturated rings. The highest BCUT2D eigenvalue weighted by molar-refractivity contribution is 5.44. The second-order valence-corrected chi connectivity index (χ2v) is 3.76. The van der Waals surface area contributed by atoms with Gasteiger partial charge in [0.05, 0.1) is 12.7 Å². The van der Waals surface area contributed by atoms with Crippen molar-refractivity contribution in [2.75, 3.05) is 13.3 Å². The van der Waals surface area contributed by atoms with E-state index in [1.807, 2.05) is 18.2 Å². The first-order valence-electron chi connectivity index (χ1n) is 5.53. The van der Waals surface area contributed by atoms with Gasteiger partial charge >= 0.3 is 0 Å². The minimum absolute atomic E-state index is 0.130. The van der Waals surface area contributed by atoms with Crippen LogP contribution < -0.4 is 15.2 Å². The highest BCUT2D eigenvalue weighted by atomic mass is 16.7. The van der Waals surface area contributed by atoms with E-state index in [-0.39, 0.29) is 6.10 Å². The number of ether oxygens (including phenoxy) is 3. The Morgan fingerprint density at radius 3 is 2.94 bits per heavy atom. The molecule has 16 heavy (non-hydrogen) atoms. The van der Waals surface area contributed by atoms with E-state index in [1.165, 1.54) is 0 Å². The predicted molar refractivity (Wildman–Crippen MR) is 60.5 cm³/mol. The van der Waals surface area contributed by atoms with Crippen LogP contribution in [0.15, 0.2) is 18.2 Å². The molecule has 2 N–H and O–H groups in total. The average Bonchev–Trinajstić information content (AvgIpc) is 2.77. The van der Waals surface area contributed by atoms with Gasteiger partial charge in [-0.1, -0.05) is 13.0 Å². The molecule has 0 spiro atoms. The topological polar surface area (TPSA) is 53.7 Å². The van der Waals surface area contributed by atoms with Crippen molar-refractivity contribution in [1.29, 1.82) is 0 Å². The summed E-state index contributed by atoms with van der Waals surface area (Å²) in [5, 5.41) is 0. The molecule has 0 saturated carbocycles. The lowest BCUT2D eigenvalue weighted by Crippen LogP contribution is -2.22. The van der Waals surface area contributed by atoms with Gasteiger partial charge in [-0.2, -0.15) is 0 Å². The Balaban J connectivity index is 1.95. The molecule has 1 unspecified atom stereocenters. The summed E-state index contributed by atoms with van der Waals surface area (Å²) in [6.45, 7) is 3.49. The van der Waals surface area contributed by atoms with E-state index in [4.69, 9.17) is 19.9 Å². The summed E-state index contributed by atoms with van der Waals surface area (Å²) in [6.07, 6.45) is 1.06. The molecule has 2 rings (SSSR count). The van der Waals surface area contributed by atoms with Gasteiger partial charge in [-0.3, -0.25) is 0 Å². The largest absolute Gasteiger partial charge is 0.454 e. The van der Waals surface area contributed by atoms with Gasteiger partial charge < -0.3 is 19.9 Å². The Morgan fingerprint density at radius 1 is 1.38 bits per heavy atom. The lowest BCUT2D eigenvalue weighted by molar-refractivity contribution is 0.0440. The SMILES string of the molecule is CCC(CN)OCc1ccc2c(c1)OCO2. The van der Waals surface area contributed by atoms with Gasteiger partial charge in [0, 0.05) is 6.54 Å². The number of rotatable bonds is 5. The minimum atomic E-state index is 0.130. The van der Waals surface area contributed by atoms with Gasteiger partial charge in [0.1, 0.15) is 0 Å². The molecule has 1 aromatic rings. The molecule has 4 nitrogen and oxygen atoms in total. The van der Waals surface area contributed by atoms with Crippen molar-refractivity contribution >= 4 is 0 Å². The van der Waals surface area contributed by atoms with Crippen molar-refractivity contribution < 1.29 is 14.2 Å². The van der Waals surface area contributed by atoms with E-state index in [0.717, 1.165) is 23.5 Å². The molecule has 1 atom stereocenters. The Morgan fingerprint density at radius 2 is 2.19 bits per heavy atom. The van der Waals surface area contributed by atoms with E-state index >= 15 is 0 Å². The molecule has 1 aromatic carbocycles. The van der Waals surface area contributed by atoms with Crippen LogP contribution in [0, 0.1) is 0 Å². The lowest BCUT2D eigenvalue weighted by Gasteiger charge is -2.13. The molecule has 0 aliphatic carbocycles. The van der Waals surface area contributed by atoms with Crippen LogP contribution in [0.2, 0.25) is 0 Å². The van der Waals surface area contributed by atoms with Crippen molar-refractivity contribution in [3.05, 3.63) is 23.8 Å². The minimum Gasteiger partial charge on any atom is -0.454 e. The van der Waals surface area contributed by atoms with Gasteiger partial charge in [-0.15, -0.1) is 0 Å². The molecule has 1 heterocycles. The van der Waals surface area contributed by atoms with E-state index in [0.29, 0.717) is 19.9 Å². The van der Waals surface area contributed by atoms with Crippen molar-refractivity contribution in [2.24, 2.45) is 5.73 Å². The number of benzene rings is 1. The molecule has 1 aliphatic heterocycles. The maximum Gasteiger partial charge on any atom is 0.231 e. The highest BCUT2D eigenvalue weighted by Crippen LogP contribution is 2.32. The maximum absolute atomic E-state index is 5.66. The van der Waals surface area contributed by atoms with Crippen LogP contribution in [-0.4, -0.2) is 19.4 Å². The van der Waals surface area contributed by atoms with Crippen LogP contribution in [0.3, 0.4) is 0 Å². The van der Waals surface area contributed by atoms with E-state index in [9.17, 15) is 0 Å². The summed E-state index contributed by atoms with van der Waals surface area (Å²) in [4.78, 5) is 0. The number of hydrogen-bond donors (Lipinski definition) is 1. The third-order valence-electron chi connectivity index (χ3n) is 2.64. The van der Waals surface area contributed by atoms with Crippen LogP contribution in [0.1, 0.15) is 18.9 Å². The first-order valence-corrected chi connectivity index (χ1v) is 5.53. The summed E-state index contributed by atoms with van der Waals surface area (Å²) in [6, 6.07) is 5.84. The van der Waals surface area contributed by atoms with Crippen molar-refractivity contribution in [1.82, 2.24) is 0 Å². The normalized spacial score (nSPS) is 15.1. The molecule has 88 valence electrons. The third kappa shape index (κ3) is 2.46. The van der Waals surface area contributed by atoms with Crippen LogP contribution >= 0.6 is 0 Å². The summed E-state index contributed by atoms with van der Waals surface area (Å²) < 4.78 is 16.2. The molecule has 1 aliphatic rings. The van der Waals surface area contributed by atoms with Crippen LogP contribution in [0.5, 0.6) is 11.5 Å². The molecular weight excluding hydrogens is 206 g/mol. The number of fused-ring (bicyclic) bond motifs is 1. The van der Waals surface area contributed by atoms with Gasteiger partial charge in [0.15, 0.2) is 11.5 Å². The standard InChI is InChI=1S/C12H17NO3/c1-2-10(6-13)14-7-9-3-4-11-12(5-9)16-8-15-11/h3-5,10H,2,6-8,13H2,1H3. The number of nitrogens with two attached hydrogens (primary N) is 1. The fourth-order valence-corrected chi connectivity index (χ4v) is 1.60. The van der Waals surface area contributed by atoms with Crippen molar-refractivity contribution in [2.45, 2.75) is 26.1 Å². The third-order valence-corrected chi connectivity index (χ3v) is 2.64. The Labute approximate surface area is 95.3 Å². The summed E-state index contributed by atoms with van der Waals surface area (Å²) >= 11 is 0. The second-order valence-electron chi connectivity index (χ2n) is 3.76. The zero-order valence-corrected chi connectivity index (χ0v) is 9.44. The van der Waals surface area contributed by atoms with Crippen molar-refractivity contribution in [3.63, 3.8) is 0 Å². The predicted octanol–water partition coefficient (Wildman–Crippen LogP) is 1.67. The first-order chi connectivity index (χ1) is 7.83. The van der Waals surface area contributed by atoms with E-state index in [2.05, 4.69) is 6.92 Å². The summed E-state index contributed by atoms with van der Waals surface area (Å²) in [7, 11) is 0. The molecule has 0 radical (unpaired) electrons. The zero-order valence-electron chi connectivity index (χ0n) is 9.44. The van der Waals surface area contributed by atoms with Crippen LogP contribution in [0.4, 0.5) is 0 Å². The monoisotopic (exact) mass is 223 g/mol. The van der Waals surface area contributed by atoms with Crippen LogP contribution in [-0.2, 0) is 11.3 Å². The molecular formula is C12H17NO3. The van der Waals surface area contributed by atoms with E-state index in [1.54, 1.807) is 0 Å². The Kier molecular flexibility index (Phi) is 3.64.